The van der Waals surface area contributed by atoms with Crippen molar-refractivity contribution in [3.8, 4) is 45.8 Å². The van der Waals surface area contributed by atoms with Crippen molar-refractivity contribution in [1.29, 1.82) is 0 Å². The summed E-state index contributed by atoms with van der Waals surface area (Å²) in [6.07, 6.45) is -8.82. The van der Waals surface area contributed by atoms with E-state index >= 15 is 0 Å². The standard InChI is InChI=1S/C37H36O21/c1-13(38)49-12-27-33(53-17(5)42)36(55-19(7)44)37(56-20(8)45)35(58-27)29-26(52-16(4)41)11-25-28(34(29)54-18(6)43)30(47)31(48)32(57-25)21-9-22(46)24(51-15(3)40)10-23(21)50-14(2)39/h9-11,27,33,35-37,46,48H,12H2,1-8H3/t27-,33-,35+,36+,37+/m1/s1. The number of phenols is 1. The zero-order valence-electron chi connectivity index (χ0n) is 32.0. The van der Waals surface area contributed by atoms with Crippen LogP contribution in [0.3, 0.4) is 0 Å². The Kier molecular flexibility index (Phi) is 13.4. The predicted molar refractivity (Wildman–Crippen MR) is 187 cm³/mol. The molecule has 0 aliphatic carbocycles. The van der Waals surface area contributed by atoms with Gasteiger partial charge < -0.3 is 57.3 Å². The molecule has 2 heterocycles. The SMILES string of the molecule is CC(=O)OC[C@H]1O[C@@H](c2c(OC(C)=O)cc3oc(-c4cc(O)c(OC(C)=O)cc4OC(C)=O)c(O)c(=O)c3c2OC(C)=O)[C@H](OC(C)=O)[C@@H](OC(C)=O)[C@@H]1OC(C)=O. The first-order valence-corrected chi connectivity index (χ1v) is 16.9. The predicted octanol–water partition coefficient (Wildman–Crippen LogP) is 2.37. The maximum Gasteiger partial charge on any atom is 0.308 e. The minimum atomic E-state index is -1.92. The molecule has 0 amide bonds. The maximum absolute atomic E-state index is 14.2. The first-order valence-electron chi connectivity index (χ1n) is 16.9. The number of benzene rings is 2. The van der Waals surface area contributed by atoms with E-state index in [4.69, 9.17) is 47.0 Å². The highest BCUT2D eigenvalue weighted by Gasteiger charge is 2.54. The van der Waals surface area contributed by atoms with Crippen LogP contribution in [0, 0.1) is 0 Å². The van der Waals surface area contributed by atoms with E-state index in [1.807, 2.05) is 0 Å². The van der Waals surface area contributed by atoms with E-state index < -0.39 is 153 Å². The van der Waals surface area contributed by atoms with E-state index in [1.54, 1.807) is 0 Å². The number of rotatable bonds is 11. The van der Waals surface area contributed by atoms with E-state index in [9.17, 15) is 53.4 Å². The summed E-state index contributed by atoms with van der Waals surface area (Å²) in [6.45, 7) is 7.10. The van der Waals surface area contributed by atoms with Crippen molar-refractivity contribution in [2.24, 2.45) is 0 Å². The number of esters is 8. The Morgan fingerprint density at radius 2 is 1.12 bits per heavy atom. The summed E-state index contributed by atoms with van der Waals surface area (Å²) in [6, 6.07) is 2.61. The topological polar surface area (TPSA) is 290 Å². The summed E-state index contributed by atoms with van der Waals surface area (Å²) < 4.78 is 54.7. The Balaban J connectivity index is 2.16. The second-order valence-corrected chi connectivity index (χ2v) is 12.4. The summed E-state index contributed by atoms with van der Waals surface area (Å²) in [7, 11) is 0. The van der Waals surface area contributed by atoms with Gasteiger partial charge in [0.25, 0.3) is 0 Å². The van der Waals surface area contributed by atoms with Crippen LogP contribution < -0.4 is 24.4 Å². The number of phenolic OH excluding ortho intramolecular Hbond substituents is 1. The minimum absolute atomic E-state index is 0.452. The highest BCUT2D eigenvalue weighted by atomic mass is 16.7. The molecule has 0 radical (unpaired) electrons. The number of hydrogen-bond donors (Lipinski definition) is 2. The zero-order valence-corrected chi connectivity index (χ0v) is 32.0. The zero-order chi connectivity index (χ0) is 43.3. The van der Waals surface area contributed by atoms with Gasteiger partial charge in [0, 0.05) is 67.5 Å². The monoisotopic (exact) mass is 816 g/mol. The first-order chi connectivity index (χ1) is 27.1. The molecule has 0 saturated carbocycles. The van der Waals surface area contributed by atoms with Crippen LogP contribution in [0.5, 0.6) is 34.5 Å². The van der Waals surface area contributed by atoms with Crippen LogP contribution >= 0.6 is 0 Å². The van der Waals surface area contributed by atoms with Gasteiger partial charge in [-0.15, -0.1) is 0 Å². The van der Waals surface area contributed by atoms with Gasteiger partial charge >= 0.3 is 47.8 Å². The second-order valence-electron chi connectivity index (χ2n) is 12.4. The molecule has 4 rings (SSSR count). The number of carbonyl (C=O) groups excluding carboxylic acids is 8. The summed E-state index contributed by atoms with van der Waals surface area (Å²) in [5.41, 5.74) is -2.99. The number of fused-ring (bicyclic) bond motifs is 1. The van der Waals surface area contributed by atoms with Crippen LogP contribution in [-0.2, 0) is 62.0 Å². The van der Waals surface area contributed by atoms with E-state index in [2.05, 4.69) is 0 Å². The molecule has 0 spiro atoms. The summed E-state index contributed by atoms with van der Waals surface area (Å²) >= 11 is 0. The third kappa shape index (κ3) is 10.0. The van der Waals surface area contributed by atoms with Gasteiger partial charge in [0.2, 0.25) is 11.2 Å². The molecule has 1 fully saturated rings. The average Bonchev–Trinajstić information content (AvgIpc) is 3.07. The lowest BCUT2D eigenvalue weighted by atomic mass is 9.88. The molecule has 1 aromatic heterocycles. The first kappa shape index (κ1) is 43.7. The Morgan fingerprint density at radius 3 is 1.66 bits per heavy atom. The molecule has 1 aliphatic rings. The van der Waals surface area contributed by atoms with Gasteiger partial charge in [-0.2, -0.15) is 0 Å². The number of hydrogen-bond acceptors (Lipinski definition) is 21. The van der Waals surface area contributed by atoms with Gasteiger partial charge in [0.1, 0.15) is 41.3 Å². The van der Waals surface area contributed by atoms with Crippen molar-refractivity contribution in [1.82, 2.24) is 0 Å². The van der Waals surface area contributed by atoms with Crippen LogP contribution in [0.15, 0.2) is 27.4 Å². The maximum atomic E-state index is 14.2. The van der Waals surface area contributed by atoms with Gasteiger partial charge in [-0.25, -0.2) is 0 Å². The molecule has 2 aromatic carbocycles. The second kappa shape index (κ2) is 17.8. The van der Waals surface area contributed by atoms with E-state index in [0.29, 0.717) is 0 Å². The average molecular weight is 817 g/mol. The van der Waals surface area contributed by atoms with Crippen LogP contribution in [0.2, 0.25) is 0 Å². The number of carbonyl (C=O) groups is 8. The molecule has 1 aliphatic heterocycles. The molecule has 58 heavy (non-hydrogen) atoms. The fraction of sp³-hybridized carbons (Fsp3) is 0.378. The van der Waals surface area contributed by atoms with Gasteiger partial charge in [-0.1, -0.05) is 0 Å². The fourth-order valence-corrected chi connectivity index (χ4v) is 5.91. The Morgan fingerprint density at radius 1 is 0.603 bits per heavy atom. The molecule has 0 unspecified atom stereocenters. The van der Waals surface area contributed by atoms with Gasteiger partial charge in [0.15, 0.2) is 41.3 Å². The van der Waals surface area contributed by atoms with Crippen LogP contribution in [0.25, 0.3) is 22.3 Å². The smallest absolute Gasteiger partial charge is 0.308 e. The van der Waals surface area contributed by atoms with E-state index in [-0.39, 0.29) is 0 Å². The molecule has 0 bridgehead atoms. The third-order valence-corrected chi connectivity index (χ3v) is 7.70. The molecular weight excluding hydrogens is 780 g/mol. The summed E-state index contributed by atoms with van der Waals surface area (Å²) in [4.78, 5) is 113. The molecule has 21 heteroatoms. The van der Waals surface area contributed by atoms with Crippen molar-refractivity contribution in [2.75, 3.05) is 6.61 Å². The van der Waals surface area contributed by atoms with Crippen LogP contribution in [0.1, 0.15) is 67.1 Å². The lowest BCUT2D eigenvalue weighted by molar-refractivity contribution is -0.254. The van der Waals surface area contributed by atoms with E-state index in [1.165, 1.54) is 0 Å². The molecular formula is C37H36O21. The summed E-state index contributed by atoms with van der Waals surface area (Å²) in [5.74, 6) is -13.0. The number of aromatic hydroxyl groups is 2. The highest BCUT2D eigenvalue weighted by Crippen LogP contribution is 2.50. The van der Waals surface area contributed by atoms with Gasteiger partial charge in [-0.05, 0) is 6.07 Å². The molecule has 21 nitrogen and oxygen atoms in total. The lowest BCUT2D eigenvalue weighted by Gasteiger charge is -2.45. The minimum Gasteiger partial charge on any atom is -0.504 e. The molecule has 310 valence electrons. The van der Waals surface area contributed by atoms with Crippen LogP contribution in [0.4, 0.5) is 0 Å². The quantitative estimate of drug-likeness (QED) is 0.159. The Hall–Kier alpha value is -7.03. The molecule has 1 saturated heterocycles. The van der Waals surface area contributed by atoms with Crippen molar-refractivity contribution < 1.29 is 95.6 Å². The Labute approximate surface area is 326 Å². The number of ether oxygens (including phenoxy) is 9. The highest BCUT2D eigenvalue weighted by molar-refractivity contribution is 5.94. The van der Waals surface area contributed by atoms with Gasteiger partial charge in [-0.3, -0.25) is 43.2 Å². The van der Waals surface area contributed by atoms with Crippen molar-refractivity contribution in [2.45, 2.75) is 85.9 Å². The largest absolute Gasteiger partial charge is 0.504 e. The Bertz CT molecular complexity index is 2270. The van der Waals surface area contributed by atoms with Crippen molar-refractivity contribution in [3.63, 3.8) is 0 Å². The lowest BCUT2D eigenvalue weighted by Crippen LogP contribution is -2.59. The van der Waals surface area contributed by atoms with Crippen molar-refractivity contribution in [3.05, 3.63) is 34.0 Å². The van der Waals surface area contributed by atoms with E-state index in [0.717, 1.165) is 73.6 Å². The molecule has 2 N–H and O–H groups in total. The third-order valence-electron chi connectivity index (χ3n) is 7.70. The fourth-order valence-electron chi connectivity index (χ4n) is 5.91. The van der Waals surface area contributed by atoms with Gasteiger partial charge in [0.05, 0.1) is 11.1 Å². The molecule has 5 atom stereocenters. The summed E-state index contributed by atoms with van der Waals surface area (Å²) in [5, 5.41) is 21.3. The van der Waals surface area contributed by atoms with Crippen molar-refractivity contribution >= 4 is 58.7 Å². The normalized spacial score (nSPS) is 18.6. The van der Waals surface area contributed by atoms with Crippen LogP contribution in [-0.4, -0.2) is 89.0 Å². The molecule has 3 aromatic rings.